The van der Waals surface area contributed by atoms with Crippen molar-refractivity contribution in [3.8, 4) is 23.3 Å². The fraction of sp³-hybridized carbons (Fsp3) is 0.455. The number of benzene rings is 2. The molecule has 1 saturated heterocycles. The predicted octanol–water partition coefficient (Wildman–Crippen LogP) is 3.45. The molecular formula is C33H36N2O5. The molecule has 2 fully saturated rings. The zero-order valence-electron chi connectivity index (χ0n) is 23.6. The normalized spacial score (nSPS) is 29.4. The van der Waals surface area contributed by atoms with Crippen molar-refractivity contribution in [3.05, 3.63) is 70.8 Å². The lowest BCUT2D eigenvalue weighted by Crippen LogP contribution is -2.78. The van der Waals surface area contributed by atoms with Gasteiger partial charge in [0.2, 0.25) is 0 Å². The Kier molecular flexibility index (Phi) is 6.32. The molecule has 2 aromatic carbocycles. The van der Waals surface area contributed by atoms with Crippen molar-refractivity contribution in [3.63, 3.8) is 0 Å². The summed E-state index contributed by atoms with van der Waals surface area (Å²) in [4.78, 5) is 29.4. The summed E-state index contributed by atoms with van der Waals surface area (Å²) in [6.45, 7) is 10.9. The van der Waals surface area contributed by atoms with Crippen LogP contribution in [0.3, 0.4) is 0 Å². The lowest BCUT2D eigenvalue weighted by molar-refractivity contribution is -0.197. The summed E-state index contributed by atoms with van der Waals surface area (Å²) in [6.07, 6.45) is 3.82. The van der Waals surface area contributed by atoms with Crippen molar-refractivity contribution in [2.24, 2.45) is 0 Å². The molecule has 1 N–H and O–H groups in total. The number of nitrogens with zero attached hydrogens (tertiary/aromatic N) is 2. The molecule has 5 atom stereocenters. The highest BCUT2D eigenvalue weighted by Gasteiger charge is 2.73. The number of aliphatic hydroxyl groups is 1. The van der Waals surface area contributed by atoms with Crippen molar-refractivity contribution in [1.82, 2.24) is 9.80 Å². The van der Waals surface area contributed by atoms with E-state index in [1.807, 2.05) is 44.2 Å². The van der Waals surface area contributed by atoms with Gasteiger partial charge in [0, 0.05) is 43.6 Å². The van der Waals surface area contributed by atoms with E-state index < -0.39 is 23.1 Å². The molecule has 2 aliphatic heterocycles. The van der Waals surface area contributed by atoms with E-state index in [4.69, 9.17) is 9.47 Å². The fourth-order valence-electron chi connectivity index (χ4n) is 7.79. The van der Waals surface area contributed by atoms with Crippen molar-refractivity contribution < 1.29 is 24.2 Å². The third-order valence-electron chi connectivity index (χ3n) is 9.78. The Morgan fingerprint density at radius 1 is 1.25 bits per heavy atom. The van der Waals surface area contributed by atoms with Crippen LogP contribution in [0, 0.1) is 25.7 Å². The molecular weight excluding hydrogens is 504 g/mol. The third-order valence-corrected chi connectivity index (χ3v) is 9.78. The summed E-state index contributed by atoms with van der Waals surface area (Å²) in [7, 11) is 1.77. The number of rotatable bonds is 4. The summed E-state index contributed by atoms with van der Waals surface area (Å²) < 4.78 is 12.3. The Labute approximate surface area is 235 Å². The van der Waals surface area contributed by atoms with Gasteiger partial charge in [-0.05, 0) is 81.0 Å². The van der Waals surface area contributed by atoms with Gasteiger partial charge in [0.1, 0.15) is 6.10 Å². The minimum atomic E-state index is -1.06. The first-order chi connectivity index (χ1) is 19.1. The van der Waals surface area contributed by atoms with E-state index >= 15 is 0 Å². The molecule has 2 aliphatic carbocycles. The van der Waals surface area contributed by atoms with Crippen LogP contribution in [0.4, 0.5) is 0 Å². The number of amides is 1. The summed E-state index contributed by atoms with van der Waals surface area (Å²) in [5, 5.41) is 12.6. The monoisotopic (exact) mass is 540 g/mol. The van der Waals surface area contributed by atoms with Crippen LogP contribution in [0.25, 0.3) is 0 Å². The molecule has 2 aromatic rings. The van der Waals surface area contributed by atoms with Crippen LogP contribution >= 0.6 is 0 Å². The van der Waals surface area contributed by atoms with Gasteiger partial charge in [0.15, 0.2) is 11.5 Å². The largest absolute Gasteiger partial charge is 0.483 e. The third kappa shape index (κ3) is 3.73. The number of likely N-dealkylation sites (N-methyl/N-ethyl adjacent to an activating group) is 1. The zero-order chi connectivity index (χ0) is 28.4. The van der Waals surface area contributed by atoms with Gasteiger partial charge in [-0.2, -0.15) is 0 Å². The average Bonchev–Trinajstić information content (AvgIpc) is 3.27. The number of hydrogen-bond donors (Lipinski definition) is 1. The number of likely N-dealkylation sites (tertiary alicyclic amines) is 1. The SMILES string of the molecule is C=CCN1CC[C@]23c4c5ccc(OC(C)=O)c4O[C@H]2[C@H](N(C)C(=O)C#Cc2ccc(C)c(C)c2)CC[C@@]3(O)[C@H]1C5. The number of carbonyl (C=O) groups is 2. The molecule has 6 rings (SSSR count). The molecule has 1 spiro atoms. The van der Waals surface area contributed by atoms with E-state index in [1.165, 1.54) is 12.5 Å². The standard InChI is InChI=1S/C33H36N2O5/c1-6-16-35-17-15-32-29-24-10-11-26(39-22(4)36)30(29)40-31(32)25(13-14-33(32,38)27(35)19-24)34(5)28(37)12-9-23-8-7-20(2)21(3)18-23/h6-8,10-11,18,25,27,31,38H,1,13-17,19H2,2-5H3/t25-,27-,31+,32+,33-/m1/s1. The van der Waals surface area contributed by atoms with Gasteiger partial charge in [-0.25, -0.2) is 0 Å². The Hall–Kier alpha value is -3.60. The Balaban J connectivity index is 1.41. The molecule has 0 aromatic heterocycles. The van der Waals surface area contributed by atoms with E-state index in [0.29, 0.717) is 43.7 Å². The van der Waals surface area contributed by atoms with Crippen LogP contribution in [0.2, 0.25) is 0 Å². The number of carbonyl (C=O) groups excluding carboxylic acids is 2. The highest BCUT2D eigenvalue weighted by molar-refractivity contribution is 5.94. The summed E-state index contributed by atoms with van der Waals surface area (Å²) >= 11 is 0. The fourth-order valence-corrected chi connectivity index (χ4v) is 7.79. The van der Waals surface area contributed by atoms with Crippen LogP contribution in [0.15, 0.2) is 43.0 Å². The molecule has 2 bridgehead atoms. The summed E-state index contributed by atoms with van der Waals surface area (Å²) in [5.41, 5.74) is 3.36. The molecule has 1 amide bonds. The molecule has 7 heteroatoms. The van der Waals surface area contributed by atoms with Gasteiger partial charge >= 0.3 is 5.97 Å². The van der Waals surface area contributed by atoms with E-state index in [0.717, 1.165) is 28.8 Å². The van der Waals surface area contributed by atoms with Gasteiger partial charge in [0.25, 0.3) is 5.91 Å². The molecule has 0 unspecified atom stereocenters. The van der Waals surface area contributed by atoms with E-state index in [-0.39, 0.29) is 18.0 Å². The predicted molar refractivity (Wildman–Crippen MR) is 151 cm³/mol. The summed E-state index contributed by atoms with van der Waals surface area (Å²) in [6, 6.07) is 9.31. The van der Waals surface area contributed by atoms with E-state index in [9.17, 15) is 14.7 Å². The van der Waals surface area contributed by atoms with Gasteiger partial charge in [-0.3, -0.25) is 14.5 Å². The lowest BCUT2D eigenvalue weighted by Gasteiger charge is -2.64. The maximum atomic E-state index is 13.4. The zero-order valence-corrected chi connectivity index (χ0v) is 23.6. The number of hydrogen-bond acceptors (Lipinski definition) is 6. The first kappa shape index (κ1) is 26.6. The molecule has 208 valence electrons. The Morgan fingerprint density at radius 3 is 2.77 bits per heavy atom. The maximum Gasteiger partial charge on any atom is 0.308 e. The van der Waals surface area contributed by atoms with Crippen LogP contribution in [-0.2, 0) is 21.4 Å². The highest BCUT2D eigenvalue weighted by atomic mass is 16.6. The lowest BCUT2D eigenvalue weighted by atomic mass is 9.48. The maximum absolute atomic E-state index is 13.4. The van der Waals surface area contributed by atoms with Crippen LogP contribution in [0.1, 0.15) is 54.0 Å². The highest BCUT2D eigenvalue weighted by Crippen LogP contribution is 2.65. The molecule has 2 heterocycles. The minimum absolute atomic E-state index is 0.102. The number of ether oxygens (including phenoxy) is 2. The van der Waals surface area contributed by atoms with Gasteiger partial charge in [0.05, 0.1) is 17.1 Å². The van der Waals surface area contributed by atoms with Gasteiger partial charge in [-0.1, -0.05) is 24.1 Å². The molecule has 0 radical (unpaired) electrons. The molecule has 4 aliphatic rings. The van der Waals surface area contributed by atoms with Crippen molar-refractivity contribution in [2.45, 2.75) is 75.7 Å². The average molecular weight is 541 g/mol. The number of esters is 1. The van der Waals surface area contributed by atoms with Crippen molar-refractivity contribution in [2.75, 3.05) is 20.1 Å². The quantitative estimate of drug-likeness (QED) is 0.277. The van der Waals surface area contributed by atoms with Gasteiger partial charge in [-0.15, -0.1) is 6.58 Å². The molecule has 1 saturated carbocycles. The second-order valence-corrected chi connectivity index (χ2v) is 11.8. The smallest absolute Gasteiger partial charge is 0.308 e. The topological polar surface area (TPSA) is 79.3 Å². The van der Waals surface area contributed by atoms with E-state index in [2.05, 4.69) is 23.3 Å². The number of piperidine rings is 1. The summed E-state index contributed by atoms with van der Waals surface area (Å²) in [5.74, 6) is 6.04. The van der Waals surface area contributed by atoms with E-state index in [1.54, 1.807) is 18.0 Å². The van der Waals surface area contributed by atoms with Crippen LogP contribution < -0.4 is 9.47 Å². The van der Waals surface area contributed by atoms with Crippen LogP contribution in [-0.4, -0.2) is 70.7 Å². The first-order valence-corrected chi connectivity index (χ1v) is 14.1. The Morgan fingerprint density at radius 2 is 2.05 bits per heavy atom. The molecule has 40 heavy (non-hydrogen) atoms. The number of aryl methyl sites for hydroxylation is 2. The minimum Gasteiger partial charge on any atom is -0.483 e. The first-order valence-electron chi connectivity index (χ1n) is 14.1. The molecule has 7 nitrogen and oxygen atoms in total. The second-order valence-electron chi connectivity index (χ2n) is 11.8. The van der Waals surface area contributed by atoms with Gasteiger partial charge < -0.3 is 19.5 Å². The Bertz CT molecular complexity index is 1490. The van der Waals surface area contributed by atoms with Crippen LogP contribution in [0.5, 0.6) is 11.5 Å². The van der Waals surface area contributed by atoms with Crippen molar-refractivity contribution >= 4 is 11.9 Å². The second kappa shape index (κ2) is 9.50. The van der Waals surface area contributed by atoms with Crippen molar-refractivity contribution in [1.29, 1.82) is 0 Å².